The number of halogens is 2. The summed E-state index contributed by atoms with van der Waals surface area (Å²) in [4.78, 5) is 2.93. The lowest BCUT2D eigenvalue weighted by Crippen LogP contribution is -2.13. The van der Waals surface area contributed by atoms with Crippen LogP contribution in [0.1, 0.15) is 11.1 Å². The molecule has 0 bridgehead atoms. The van der Waals surface area contributed by atoms with Crippen LogP contribution >= 0.6 is 0 Å². The standard InChI is InChI=1S/C12H12F2N2/c13-11-2-1-10(12(14)5-11)8-16-7-9-3-4-15-6-9/h1-6,15-16H,7-8H2. The van der Waals surface area contributed by atoms with Gasteiger partial charge in [0.25, 0.3) is 0 Å². The first-order valence-corrected chi connectivity index (χ1v) is 5.02. The van der Waals surface area contributed by atoms with Crippen LogP contribution in [0.15, 0.2) is 36.7 Å². The van der Waals surface area contributed by atoms with Crippen molar-refractivity contribution < 1.29 is 8.78 Å². The molecule has 16 heavy (non-hydrogen) atoms. The van der Waals surface area contributed by atoms with Gasteiger partial charge >= 0.3 is 0 Å². The van der Waals surface area contributed by atoms with Gasteiger partial charge in [-0.25, -0.2) is 8.78 Å². The summed E-state index contributed by atoms with van der Waals surface area (Å²) >= 11 is 0. The lowest BCUT2D eigenvalue weighted by molar-refractivity contribution is 0.560. The highest BCUT2D eigenvalue weighted by Crippen LogP contribution is 2.09. The Balaban J connectivity index is 1.90. The Hall–Kier alpha value is -1.68. The van der Waals surface area contributed by atoms with Crippen molar-refractivity contribution in [1.82, 2.24) is 10.3 Å². The fourth-order valence-corrected chi connectivity index (χ4v) is 1.47. The maximum absolute atomic E-state index is 13.2. The predicted octanol–water partition coefficient (Wildman–Crippen LogP) is 2.58. The van der Waals surface area contributed by atoms with Gasteiger partial charge in [0.05, 0.1) is 0 Å². The van der Waals surface area contributed by atoms with Gasteiger partial charge in [0.1, 0.15) is 11.6 Å². The summed E-state index contributed by atoms with van der Waals surface area (Å²) < 4.78 is 25.9. The lowest BCUT2D eigenvalue weighted by atomic mass is 10.2. The zero-order valence-electron chi connectivity index (χ0n) is 8.63. The quantitative estimate of drug-likeness (QED) is 0.817. The summed E-state index contributed by atoms with van der Waals surface area (Å²) in [5, 5.41) is 3.08. The van der Waals surface area contributed by atoms with E-state index in [1.807, 2.05) is 18.5 Å². The minimum Gasteiger partial charge on any atom is -0.367 e. The molecule has 4 heteroatoms. The van der Waals surface area contributed by atoms with Gasteiger partial charge in [0.2, 0.25) is 0 Å². The third-order valence-corrected chi connectivity index (χ3v) is 2.32. The number of benzene rings is 1. The van der Waals surface area contributed by atoms with Crippen molar-refractivity contribution in [3.8, 4) is 0 Å². The molecule has 1 heterocycles. The summed E-state index contributed by atoms with van der Waals surface area (Å²) in [5.41, 5.74) is 1.57. The zero-order valence-corrected chi connectivity index (χ0v) is 8.63. The summed E-state index contributed by atoms with van der Waals surface area (Å²) in [5.74, 6) is -1.06. The first kappa shape index (κ1) is 10.8. The third-order valence-electron chi connectivity index (χ3n) is 2.32. The number of nitrogens with one attached hydrogen (secondary N) is 2. The number of rotatable bonds is 4. The molecular formula is C12H12F2N2. The van der Waals surface area contributed by atoms with Crippen LogP contribution in [0, 0.1) is 11.6 Å². The molecule has 0 aliphatic carbocycles. The molecule has 0 saturated carbocycles. The molecule has 2 nitrogen and oxygen atoms in total. The first-order chi connectivity index (χ1) is 7.75. The van der Waals surface area contributed by atoms with Crippen LogP contribution in [-0.2, 0) is 13.1 Å². The number of aromatic amines is 1. The highest BCUT2D eigenvalue weighted by Gasteiger charge is 2.02. The Kier molecular flexibility index (Phi) is 3.31. The Morgan fingerprint density at radius 2 is 2.00 bits per heavy atom. The van der Waals surface area contributed by atoms with Crippen molar-refractivity contribution in [2.24, 2.45) is 0 Å². The van der Waals surface area contributed by atoms with Crippen molar-refractivity contribution in [3.63, 3.8) is 0 Å². The molecule has 2 aromatic rings. The van der Waals surface area contributed by atoms with Crippen LogP contribution in [0.5, 0.6) is 0 Å². The Morgan fingerprint density at radius 1 is 1.12 bits per heavy atom. The Labute approximate surface area is 92.3 Å². The molecule has 0 fully saturated rings. The van der Waals surface area contributed by atoms with Crippen LogP contribution in [0.3, 0.4) is 0 Å². The maximum Gasteiger partial charge on any atom is 0.130 e. The number of hydrogen-bond donors (Lipinski definition) is 2. The molecular weight excluding hydrogens is 210 g/mol. The van der Waals surface area contributed by atoms with Gasteiger partial charge in [-0.3, -0.25) is 0 Å². The number of hydrogen-bond acceptors (Lipinski definition) is 1. The van der Waals surface area contributed by atoms with Crippen molar-refractivity contribution in [1.29, 1.82) is 0 Å². The Morgan fingerprint density at radius 3 is 2.69 bits per heavy atom. The van der Waals surface area contributed by atoms with E-state index in [-0.39, 0.29) is 0 Å². The summed E-state index contributed by atoms with van der Waals surface area (Å²) in [6.45, 7) is 1.04. The first-order valence-electron chi connectivity index (χ1n) is 5.02. The van der Waals surface area contributed by atoms with E-state index in [0.717, 1.165) is 11.6 Å². The normalized spacial score (nSPS) is 10.6. The molecule has 0 aliphatic rings. The smallest absolute Gasteiger partial charge is 0.130 e. The van der Waals surface area contributed by atoms with Crippen LogP contribution < -0.4 is 5.32 Å². The van der Waals surface area contributed by atoms with Crippen molar-refractivity contribution in [2.45, 2.75) is 13.1 Å². The van der Waals surface area contributed by atoms with E-state index in [4.69, 9.17) is 0 Å². The molecule has 2 rings (SSSR count). The second kappa shape index (κ2) is 4.90. The molecule has 1 aromatic heterocycles. The summed E-state index contributed by atoms with van der Waals surface area (Å²) in [7, 11) is 0. The SMILES string of the molecule is Fc1ccc(CNCc2cc[nH]c2)c(F)c1. The molecule has 0 amide bonds. The number of aromatic nitrogens is 1. The number of H-pyrrole nitrogens is 1. The van der Waals surface area contributed by atoms with E-state index in [0.29, 0.717) is 18.7 Å². The average Bonchev–Trinajstić information content (AvgIpc) is 2.74. The largest absolute Gasteiger partial charge is 0.367 e. The second-order valence-corrected chi connectivity index (χ2v) is 3.56. The third kappa shape index (κ3) is 2.67. The van der Waals surface area contributed by atoms with Crippen molar-refractivity contribution >= 4 is 0 Å². The maximum atomic E-state index is 13.2. The highest BCUT2D eigenvalue weighted by molar-refractivity contribution is 5.18. The van der Waals surface area contributed by atoms with Gasteiger partial charge in [-0.1, -0.05) is 6.07 Å². The van der Waals surface area contributed by atoms with E-state index in [9.17, 15) is 8.78 Å². The zero-order chi connectivity index (χ0) is 11.4. The summed E-state index contributed by atoms with van der Waals surface area (Å²) in [6, 6.07) is 5.55. The van der Waals surface area contributed by atoms with Crippen LogP contribution in [0.4, 0.5) is 8.78 Å². The molecule has 0 radical (unpaired) electrons. The minimum absolute atomic E-state index is 0.386. The van der Waals surface area contributed by atoms with Gasteiger partial charge in [0, 0.05) is 37.1 Å². The molecule has 0 atom stereocenters. The average molecular weight is 222 g/mol. The van der Waals surface area contributed by atoms with Gasteiger partial charge in [-0.2, -0.15) is 0 Å². The molecule has 1 aromatic carbocycles. The van der Waals surface area contributed by atoms with Gasteiger partial charge in [0.15, 0.2) is 0 Å². The fourth-order valence-electron chi connectivity index (χ4n) is 1.47. The predicted molar refractivity (Wildman–Crippen MR) is 57.7 cm³/mol. The van der Waals surface area contributed by atoms with Crippen molar-refractivity contribution in [3.05, 3.63) is 59.4 Å². The van der Waals surface area contributed by atoms with Gasteiger partial charge in [-0.15, -0.1) is 0 Å². The monoisotopic (exact) mass is 222 g/mol. The van der Waals surface area contributed by atoms with E-state index >= 15 is 0 Å². The second-order valence-electron chi connectivity index (χ2n) is 3.56. The molecule has 0 saturated heterocycles. The van der Waals surface area contributed by atoms with E-state index in [1.54, 1.807) is 0 Å². The van der Waals surface area contributed by atoms with Crippen LogP contribution in [-0.4, -0.2) is 4.98 Å². The van der Waals surface area contributed by atoms with Crippen LogP contribution in [0.25, 0.3) is 0 Å². The van der Waals surface area contributed by atoms with Gasteiger partial charge < -0.3 is 10.3 Å². The van der Waals surface area contributed by atoms with E-state index < -0.39 is 11.6 Å². The Bertz CT molecular complexity index is 452. The minimum atomic E-state index is -0.549. The van der Waals surface area contributed by atoms with E-state index in [1.165, 1.54) is 12.1 Å². The fraction of sp³-hybridized carbons (Fsp3) is 0.167. The molecule has 84 valence electrons. The summed E-state index contributed by atoms with van der Waals surface area (Å²) in [6.07, 6.45) is 3.70. The molecule has 0 unspecified atom stereocenters. The molecule has 2 N–H and O–H groups in total. The van der Waals surface area contributed by atoms with Crippen molar-refractivity contribution in [2.75, 3.05) is 0 Å². The van der Waals surface area contributed by atoms with E-state index in [2.05, 4.69) is 10.3 Å². The van der Waals surface area contributed by atoms with Gasteiger partial charge in [-0.05, 0) is 17.7 Å². The highest BCUT2D eigenvalue weighted by atomic mass is 19.1. The van der Waals surface area contributed by atoms with Crippen LogP contribution in [0.2, 0.25) is 0 Å². The lowest BCUT2D eigenvalue weighted by Gasteiger charge is -2.04. The molecule has 0 spiro atoms. The molecule has 0 aliphatic heterocycles. The topological polar surface area (TPSA) is 27.8 Å².